The Morgan fingerprint density at radius 3 is 2.50 bits per heavy atom. The highest BCUT2D eigenvalue weighted by atomic mass is 32.2. The molecule has 0 saturated heterocycles. The quantitative estimate of drug-likeness (QED) is 0.602. The number of amides is 1. The highest BCUT2D eigenvalue weighted by molar-refractivity contribution is 7.89. The predicted molar refractivity (Wildman–Crippen MR) is 102 cm³/mol. The van der Waals surface area contributed by atoms with Crippen LogP contribution in [0.1, 0.15) is 12.5 Å². The topological polar surface area (TPSA) is 129 Å². The number of nitrogens with two attached hydrogens (primary N) is 1. The number of hydrogen-bond donors (Lipinski definition) is 2. The van der Waals surface area contributed by atoms with Crippen molar-refractivity contribution in [2.75, 3.05) is 0 Å². The summed E-state index contributed by atoms with van der Waals surface area (Å²) < 4.78 is 33.2. The fraction of sp³-hybridized carbons (Fsp3) is 0.158. The molecule has 3 aromatic rings. The van der Waals surface area contributed by atoms with Crippen molar-refractivity contribution in [3.63, 3.8) is 0 Å². The van der Waals surface area contributed by atoms with Crippen molar-refractivity contribution in [2.24, 2.45) is 5.14 Å². The van der Waals surface area contributed by atoms with Crippen LogP contribution in [-0.4, -0.2) is 20.4 Å². The second-order valence-electron chi connectivity index (χ2n) is 6.12. The molecule has 0 radical (unpaired) electrons. The Morgan fingerprint density at radius 2 is 1.82 bits per heavy atom. The minimum atomic E-state index is -3.75. The van der Waals surface area contributed by atoms with Crippen LogP contribution in [0.25, 0.3) is 11.0 Å². The molecule has 0 aliphatic carbocycles. The molecule has 0 unspecified atom stereocenters. The molecule has 3 N–H and O–H groups in total. The number of benzene rings is 2. The Kier molecular flexibility index (Phi) is 5.48. The van der Waals surface area contributed by atoms with E-state index in [-0.39, 0.29) is 17.3 Å². The van der Waals surface area contributed by atoms with Crippen molar-refractivity contribution in [3.8, 4) is 5.75 Å². The summed E-state index contributed by atoms with van der Waals surface area (Å²) >= 11 is 0. The lowest BCUT2D eigenvalue weighted by molar-refractivity contribution is -0.127. The Hall–Kier alpha value is -3.17. The van der Waals surface area contributed by atoms with Gasteiger partial charge in [0.2, 0.25) is 10.0 Å². The summed E-state index contributed by atoms with van der Waals surface area (Å²) in [5.74, 6) is 0.0344. The maximum Gasteiger partial charge on any atom is 0.336 e. The molecule has 0 aliphatic heterocycles. The van der Waals surface area contributed by atoms with Crippen molar-refractivity contribution in [2.45, 2.75) is 24.5 Å². The van der Waals surface area contributed by atoms with Gasteiger partial charge in [0.25, 0.3) is 5.91 Å². The van der Waals surface area contributed by atoms with Gasteiger partial charge in [-0.25, -0.2) is 18.4 Å². The number of carbonyl (C=O) groups excluding carboxylic acids is 1. The lowest BCUT2D eigenvalue weighted by Crippen LogP contribution is -2.35. The average molecular weight is 402 g/mol. The Labute approximate surface area is 161 Å². The molecule has 28 heavy (non-hydrogen) atoms. The largest absolute Gasteiger partial charge is 0.481 e. The number of ether oxygens (including phenoxy) is 1. The van der Waals surface area contributed by atoms with Gasteiger partial charge >= 0.3 is 5.63 Å². The number of hydrogen-bond acceptors (Lipinski definition) is 6. The molecule has 1 heterocycles. The van der Waals surface area contributed by atoms with E-state index >= 15 is 0 Å². The Morgan fingerprint density at radius 1 is 1.14 bits per heavy atom. The highest BCUT2D eigenvalue weighted by Gasteiger charge is 2.15. The molecule has 1 atom stereocenters. The number of nitrogens with one attached hydrogen (secondary N) is 1. The van der Waals surface area contributed by atoms with Gasteiger partial charge in [-0.15, -0.1) is 0 Å². The predicted octanol–water partition coefficient (Wildman–Crippen LogP) is 1.52. The van der Waals surface area contributed by atoms with Crippen LogP contribution >= 0.6 is 0 Å². The SMILES string of the molecule is C[C@H](Oc1ccc2ccc(=O)oc2c1)C(=O)NCc1ccc(S(N)(=O)=O)cc1. The Bertz CT molecular complexity index is 1170. The molecule has 0 bridgehead atoms. The molecule has 9 heteroatoms. The molecule has 8 nitrogen and oxygen atoms in total. The van der Waals surface area contributed by atoms with Crippen LogP contribution in [0, 0.1) is 0 Å². The van der Waals surface area contributed by atoms with Gasteiger partial charge in [-0.05, 0) is 42.8 Å². The third-order valence-corrected chi connectivity index (χ3v) is 4.92. The first-order chi connectivity index (χ1) is 13.2. The van der Waals surface area contributed by atoms with Crippen LogP contribution in [-0.2, 0) is 21.4 Å². The van der Waals surface area contributed by atoms with Crippen molar-refractivity contribution in [1.82, 2.24) is 5.32 Å². The van der Waals surface area contributed by atoms with Gasteiger partial charge in [-0.3, -0.25) is 4.79 Å². The van der Waals surface area contributed by atoms with Gasteiger partial charge < -0.3 is 14.5 Å². The first-order valence-electron chi connectivity index (χ1n) is 8.32. The molecule has 0 spiro atoms. The average Bonchev–Trinajstić information content (AvgIpc) is 2.65. The van der Waals surface area contributed by atoms with Crippen LogP contribution < -0.4 is 20.8 Å². The van der Waals surface area contributed by atoms with Gasteiger partial charge in [-0.1, -0.05) is 12.1 Å². The minimum absolute atomic E-state index is 0.00207. The van der Waals surface area contributed by atoms with Gasteiger partial charge in [0, 0.05) is 24.1 Å². The first kappa shape index (κ1) is 19.6. The summed E-state index contributed by atoms with van der Waals surface area (Å²) in [5.41, 5.74) is 0.608. The van der Waals surface area contributed by atoms with Crippen LogP contribution in [0.4, 0.5) is 0 Å². The highest BCUT2D eigenvalue weighted by Crippen LogP contribution is 2.20. The molecule has 0 saturated carbocycles. The Balaban J connectivity index is 1.61. The smallest absolute Gasteiger partial charge is 0.336 e. The maximum absolute atomic E-state index is 12.2. The number of primary sulfonamides is 1. The standard InChI is InChI=1S/C19H18N2O6S/c1-12(26-15-6-4-14-5-9-18(22)27-17(14)10-15)19(23)21-11-13-2-7-16(8-3-13)28(20,24)25/h2-10,12H,11H2,1H3,(H,21,23)(H2,20,24,25)/t12-/m0/s1. The lowest BCUT2D eigenvalue weighted by atomic mass is 10.2. The van der Waals surface area contributed by atoms with Crippen molar-refractivity contribution >= 4 is 26.9 Å². The van der Waals surface area contributed by atoms with Crippen LogP contribution in [0.3, 0.4) is 0 Å². The molecule has 1 aromatic heterocycles. The number of sulfonamides is 1. The minimum Gasteiger partial charge on any atom is -0.481 e. The van der Waals surface area contributed by atoms with E-state index in [2.05, 4.69) is 5.32 Å². The van der Waals surface area contributed by atoms with E-state index in [4.69, 9.17) is 14.3 Å². The van der Waals surface area contributed by atoms with Crippen LogP contribution in [0.5, 0.6) is 5.75 Å². The lowest BCUT2D eigenvalue weighted by Gasteiger charge is -2.15. The molecule has 146 valence electrons. The van der Waals surface area contributed by atoms with Crippen molar-refractivity contribution in [1.29, 1.82) is 0 Å². The summed E-state index contributed by atoms with van der Waals surface area (Å²) in [5, 5.41) is 8.49. The first-order valence-corrected chi connectivity index (χ1v) is 9.87. The summed E-state index contributed by atoms with van der Waals surface area (Å²) in [6.45, 7) is 1.79. The summed E-state index contributed by atoms with van der Waals surface area (Å²) in [6.07, 6.45) is -0.795. The van der Waals surface area contributed by atoms with Crippen molar-refractivity contribution in [3.05, 3.63) is 70.6 Å². The molecule has 2 aromatic carbocycles. The zero-order valence-electron chi connectivity index (χ0n) is 14.9. The van der Waals surface area contributed by atoms with Gasteiger partial charge in [-0.2, -0.15) is 0 Å². The molecule has 0 fully saturated rings. The van der Waals surface area contributed by atoms with E-state index < -0.39 is 21.8 Å². The normalized spacial score (nSPS) is 12.5. The summed E-state index contributed by atoms with van der Waals surface area (Å²) in [7, 11) is -3.75. The second kappa shape index (κ2) is 7.83. The third kappa shape index (κ3) is 4.76. The van der Waals surface area contributed by atoms with Gasteiger partial charge in [0.05, 0.1) is 4.90 Å². The molecular weight excluding hydrogens is 384 g/mol. The molecule has 0 aliphatic rings. The van der Waals surface area contributed by atoms with Crippen LogP contribution in [0.2, 0.25) is 0 Å². The van der Waals surface area contributed by atoms with Gasteiger partial charge in [0.1, 0.15) is 11.3 Å². The zero-order chi connectivity index (χ0) is 20.3. The van der Waals surface area contributed by atoms with Gasteiger partial charge in [0.15, 0.2) is 6.10 Å². The molecule has 1 amide bonds. The number of fused-ring (bicyclic) bond motifs is 1. The van der Waals surface area contributed by atoms with E-state index in [1.807, 2.05) is 0 Å². The summed E-state index contributed by atoms with van der Waals surface area (Å²) in [6, 6.07) is 13.8. The molecular formula is C19H18N2O6S. The number of carbonyl (C=O) groups is 1. The van der Waals surface area contributed by atoms with Crippen LogP contribution in [0.15, 0.2) is 68.7 Å². The van der Waals surface area contributed by atoms with E-state index in [1.54, 1.807) is 43.3 Å². The monoisotopic (exact) mass is 402 g/mol. The molecule has 3 rings (SSSR count). The van der Waals surface area contributed by atoms with Crippen molar-refractivity contribution < 1.29 is 22.4 Å². The van der Waals surface area contributed by atoms with E-state index in [0.717, 1.165) is 5.39 Å². The third-order valence-electron chi connectivity index (χ3n) is 4.00. The maximum atomic E-state index is 12.2. The zero-order valence-corrected chi connectivity index (χ0v) is 15.7. The summed E-state index contributed by atoms with van der Waals surface area (Å²) in [4.78, 5) is 23.6. The fourth-order valence-electron chi connectivity index (χ4n) is 2.50. The fourth-order valence-corrected chi connectivity index (χ4v) is 3.02. The second-order valence-corrected chi connectivity index (χ2v) is 7.68. The van der Waals surface area contributed by atoms with E-state index in [0.29, 0.717) is 16.9 Å². The van der Waals surface area contributed by atoms with E-state index in [1.165, 1.54) is 18.2 Å². The van der Waals surface area contributed by atoms with E-state index in [9.17, 15) is 18.0 Å². The number of rotatable bonds is 6.